The molecule has 4 heteroatoms. The minimum Gasteiger partial charge on any atom is -0.496 e. The molecule has 0 aliphatic carbocycles. The van der Waals surface area contributed by atoms with Gasteiger partial charge in [-0.05, 0) is 31.7 Å². The highest BCUT2D eigenvalue weighted by atomic mass is 32.1. The molecule has 0 radical (unpaired) electrons. The molecule has 0 saturated heterocycles. The van der Waals surface area contributed by atoms with Crippen molar-refractivity contribution in [1.29, 1.82) is 0 Å². The van der Waals surface area contributed by atoms with E-state index >= 15 is 0 Å². The first-order chi connectivity index (χ1) is 9.22. The van der Waals surface area contributed by atoms with Crippen molar-refractivity contribution in [2.45, 2.75) is 26.8 Å². The van der Waals surface area contributed by atoms with Gasteiger partial charge in [-0.25, -0.2) is 0 Å². The molecule has 0 bridgehead atoms. The van der Waals surface area contributed by atoms with Gasteiger partial charge in [0.05, 0.1) is 12.8 Å². The number of hydrogen-bond acceptors (Lipinski definition) is 4. The van der Waals surface area contributed by atoms with Gasteiger partial charge in [0.2, 0.25) is 0 Å². The van der Waals surface area contributed by atoms with Crippen LogP contribution in [0.3, 0.4) is 0 Å². The van der Waals surface area contributed by atoms with Gasteiger partial charge in [-0.2, -0.15) is 0 Å². The second-order valence-electron chi connectivity index (χ2n) is 4.55. The molecular formula is C15H20N2OS. The molecule has 102 valence electrons. The molecule has 0 unspecified atom stereocenters. The fraction of sp³-hybridized carbons (Fsp3) is 0.400. The van der Waals surface area contributed by atoms with E-state index < -0.39 is 0 Å². The molecule has 0 amide bonds. The van der Waals surface area contributed by atoms with E-state index in [4.69, 9.17) is 4.74 Å². The predicted molar refractivity (Wildman–Crippen MR) is 80.0 cm³/mol. The molecule has 0 aliphatic heterocycles. The maximum absolute atomic E-state index is 5.42. The van der Waals surface area contributed by atoms with Crippen molar-refractivity contribution in [1.82, 2.24) is 10.3 Å². The lowest BCUT2D eigenvalue weighted by molar-refractivity contribution is 0.406. The van der Waals surface area contributed by atoms with E-state index in [-0.39, 0.29) is 0 Å². The quantitative estimate of drug-likeness (QED) is 0.823. The van der Waals surface area contributed by atoms with Crippen molar-refractivity contribution in [3.63, 3.8) is 0 Å². The highest BCUT2D eigenvalue weighted by Crippen LogP contribution is 2.23. The molecule has 2 aromatic rings. The van der Waals surface area contributed by atoms with Gasteiger partial charge in [0, 0.05) is 35.3 Å². The number of rotatable bonds is 6. The second-order valence-corrected chi connectivity index (χ2v) is 5.58. The summed E-state index contributed by atoms with van der Waals surface area (Å²) in [5, 5.41) is 5.56. The topological polar surface area (TPSA) is 34.1 Å². The minimum absolute atomic E-state index is 0.786. The Labute approximate surface area is 118 Å². The Morgan fingerprint density at radius 3 is 2.89 bits per heavy atom. The first-order valence-electron chi connectivity index (χ1n) is 6.44. The van der Waals surface area contributed by atoms with Crippen molar-refractivity contribution in [2.75, 3.05) is 13.7 Å². The zero-order valence-corrected chi connectivity index (χ0v) is 12.5. The van der Waals surface area contributed by atoms with Crippen molar-refractivity contribution >= 4 is 11.3 Å². The fourth-order valence-electron chi connectivity index (χ4n) is 2.12. The number of nitrogens with one attached hydrogen (secondary N) is 1. The fourth-order valence-corrected chi connectivity index (χ4v) is 2.83. The van der Waals surface area contributed by atoms with Crippen molar-refractivity contribution in [2.24, 2.45) is 0 Å². The molecule has 0 atom stereocenters. The van der Waals surface area contributed by atoms with Gasteiger partial charge >= 0.3 is 0 Å². The van der Waals surface area contributed by atoms with Gasteiger partial charge in [0.1, 0.15) is 5.75 Å². The van der Waals surface area contributed by atoms with Crippen LogP contribution in [0.15, 0.2) is 23.7 Å². The molecule has 0 aromatic carbocycles. The van der Waals surface area contributed by atoms with Crippen LogP contribution in [0.4, 0.5) is 0 Å². The highest BCUT2D eigenvalue weighted by Gasteiger charge is 2.08. The lowest BCUT2D eigenvalue weighted by atomic mass is 10.1. The van der Waals surface area contributed by atoms with Gasteiger partial charge in [0.25, 0.3) is 0 Å². The molecule has 3 nitrogen and oxygen atoms in total. The molecule has 1 N–H and O–H groups in total. The summed E-state index contributed by atoms with van der Waals surface area (Å²) in [5.74, 6) is 0.949. The molecule has 0 saturated carbocycles. The lowest BCUT2D eigenvalue weighted by Crippen LogP contribution is -2.18. The van der Waals surface area contributed by atoms with Crippen LogP contribution in [0, 0.1) is 13.8 Å². The number of ether oxygens (including phenoxy) is 1. The van der Waals surface area contributed by atoms with E-state index in [9.17, 15) is 0 Å². The summed E-state index contributed by atoms with van der Waals surface area (Å²) in [4.78, 5) is 5.90. The number of aryl methyl sites for hydroxylation is 1. The predicted octanol–water partition coefficient (Wildman–Crippen LogP) is 3.10. The molecule has 2 heterocycles. The van der Waals surface area contributed by atoms with Crippen LogP contribution < -0.4 is 10.1 Å². The van der Waals surface area contributed by atoms with Crippen LogP contribution in [0.25, 0.3) is 0 Å². The van der Waals surface area contributed by atoms with E-state index in [1.54, 1.807) is 18.4 Å². The van der Waals surface area contributed by atoms with Gasteiger partial charge in [-0.15, -0.1) is 11.3 Å². The molecule has 0 spiro atoms. The smallest absolute Gasteiger partial charge is 0.128 e. The first kappa shape index (κ1) is 14.0. The van der Waals surface area contributed by atoms with Crippen LogP contribution in [-0.2, 0) is 13.0 Å². The Kier molecular flexibility index (Phi) is 4.93. The Hall–Kier alpha value is -1.39. The summed E-state index contributed by atoms with van der Waals surface area (Å²) in [6.45, 7) is 5.84. The molecule has 2 rings (SSSR count). The average Bonchev–Trinajstić information content (AvgIpc) is 2.90. The number of thiophene rings is 1. The Bertz CT molecular complexity index is 523. The maximum atomic E-state index is 5.42. The number of nitrogens with zero attached hydrogens (tertiary/aromatic N) is 1. The highest BCUT2D eigenvalue weighted by molar-refractivity contribution is 7.09. The van der Waals surface area contributed by atoms with Crippen molar-refractivity contribution < 1.29 is 4.74 Å². The minimum atomic E-state index is 0.786. The second kappa shape index (κ2) is 6.68. The van der Waals surface area contributed by atoms with Crippen LogP contribution >= 0.6 is 11.3 Å². The van der Waals surface area contributed by atoms with E-state index in [1.807, 2.05) is 13.1 Å². The summed E-state index contributed by atoms with van der Waals surface area (Å²) in [5.41, 5.74) is 3.28. The van der Waals surface area contributed by atoms with Crippen LogP contribution in [0.5, 0.6) is 5.75 Å². The summed E-state index contributed by atoms with van der Waals surface area (Å²) < 4.78 is 5.42. The summed E-state index contributed by atoms with van der Waals surface area (Å²) in [6.07, 6.45) is 2.95. The molecule has 0 fully saturated rings. The maximum Gasteiger partial charge on any atom is 0.128 e. The summed E-state index contributed by atoms with van der Waals surface area (Å²) in [7, 11) is 1.71. The largest absolute Gasteiger partial charge is 0.496 e. The third kappa shape index (κ3) is 3.55. The molecule has 0 aliphatic rings. The number of aromatic nitrogens is 1. The number of pyridine rings is 1. The van der Waals surface area contributed by atoms with Crippen molar-refractivity contribution in [3.05, 3.63) is 45.4 Å². The van der Waals surface area contributed by atoms with Gasteiger partial charge < -0.3 is 10.1 Å². The van der Waals surface area contributed by atoms with E-state index in [1.165, 1.54) is 4.88 Å². The Balaban J connectivity index is 1.89. The lowest BCUT2D eigenvalue weighted by Gasteiger charge is -2.12. The zero-order valence-electron chi connectivity index (χ0n) is 11.7. The first-order valence-corrected chi connectivity index (χ1v) is 7.32. The Morgan fingerprint density at radius 2 is 2.21 bits per heavy atom. The average molecular weight is 276 g/mol. The third-order valence-corrected chi connectivity index (χ3v) is 4.11. The standard InChI is InChI=1S/C15H20N2OS/c1-11-9-17-14(12(2)15(11)18-3)10-16-7-6-13-5-4-8-19-13/h4-5,8-9,16H,6-7,10H2,1-3H3. The van der Waals surface area contributed by atoms with Gasteiger partial charge in [-0.1, -0.05) is 6.07 Å². The monoisotopic (exact) mass is 276 g/mol. The van der Waals surface area contributed by atoms with Gasteiger partial charge in [0.15, 0.2) is 0 Å². The van der Waals surface area contributed by atoms with Crippen molar-refractivity contribution in [3.8, 4) is 5.75 Å². The van der Waals surface area contributed by atoms with Gasteiger partial charge in [-0.3, -0.25) is 4.98 Å². The Morgan fingerprint density at radius 1 is 1.37 bits per heavy atom. The normalized spacial score (nSPS) is 10.7. The van der Waals surface area contributed by atoms with E-state index in [0.717, 1.165) is 42.1 Å². The molecule has 2 aromatic heterocycles. The summed E-state index contributed by atoms with van der Waals surface area (Å²) >= 11 is 1.80. The summed E-state index contributed by atoms with van der Waals surface area (Å²) in [6, 6.07) is 4.27. The zero-order chi connectivity index (χ0) is 13.7. The molecule has 19 heavy (non-hydrogen) atoms. The van der Waals surface area contributed by atoms with Crippen LogP contribution in [0.2, 0.25) is 0 Å². The third-order valence-electron chi connectivity index (χ3n) is 3.17. The number of methoxy groups -OCH3 is 1. The molecular weight excluding hydrogens is 256 g/mol. The number of hydrogen-bond donors (Lipinski definition) is 1. The SMILES string of the molecule is COc1c(C)cnc(CNCCc2cccs2)c1C. The van der Waals surface area contributed by atoms with Crippen LogP contribution in [-0.4, -0.2) is 18.6 Å². The van der Waals surface area contributed by atoms with Crippen LogP contribution in [0.1, 0.15) is 21.7 Å². The van der Waals surface area contributed by atoms with E-state index in [0.29, 0.717) is 0 Å². The van der Waals surface area contributed by atoms with E-state index in [2.05, 4.69) is 34.7 Å².